The van der Waals surface area contributed by atoms with Crippen molar-refractivity contribution in [2.24, 2.45) is 5.10 Å². The van der Waals surface area contributed by atoms with Crippen LogP contribution in [0.5, 0.6) is 0 Å². The third kappa shape index (κ3) is 3.01. The van der Waals surface area contributed by atoms with Gasteiger partial charge in [-0.25, -0.2) is 9.80 Å². The highest BCUT2D eigenvalue weighted by Gasteiger charge is 2.23. The fourth-order valence-electron chi connectivity index (χ4n) is 2.58. The fourth-order valence-corrected chi connectivity index (χ4v) is 3.25. The molecule has 0 radical (unpaired) electrons. The minimum Gasteiger partial charge on any atom is -0.271 e. The molecule has 9 heteroatoms. The number of aromatic nitrogens is 4. The molecule has 0 bridgehead atoms. The van der Waals surface area contributed by atoms with Crippen molar-refractivity contribution in [2.45, 2.75) is 13.0 Å². The molecule has 0 atom stereocenters. The third-order valence-corrected chi connectivity index (χ3v) is 4.68. The second-order valence-electron chi connectivity index (χ2n) is 5.46. The maximum atomic E-state index is 12.4. The number of thiophene rings is 1. The average Bonchev–Trinajstić information content (AvgIpc) is 3.37. The predicted molar refractivity (Wildman–Crippen MR) is 92.8 cm³/mol. The number of tetrazole rings is 1. The standard InChI is InChI=1S/C16H14N6O2S/c23-14(20-9-8-13(17-20)12-5-2-1-3-6-12)11-21-16(24)22(19-18-21)15-7-4-10-25-15/h1-7,10H,8-9,11H2. The van der Waals surface area contributed by atoms with Crippen LogP contribution in [-0.4, -0.2) is 43.0 Å². The normalized spacial score (nSPS) is 13.9. The van der Waals surface area contributed by atoms with Crippen molar-refractivity contribution in [3.8, 4) is 5.00 Å². The lowest BCUT2D eigenvalue weighted by Gasteiger charge is -2.10. The topological polar surface area (TPSA) is 85.4 Å². The van der Waals surface area contributed by atoms with Gasteiger partial charge in [-0.2, -0.15) is 14.5 Å². The minimum atomic E-state index is -0.442. The van der Waals surface area contributed by atoms with Gasteiger partial charge in [-0.1, -0.05) is 30.3 Å². The summed E-state index contributed by atoms with van der Waals surface area (Å²) in [6.07, 6.45) is 0.687. The molecule has 1 aromatic carbocycles. The zero-order chi connectivity index (χ0) is 17.2. The van der Waals surface area contributed by atoms with Gasteiger partial charge in [0, 0.05) is 6.42 Å². The van der Waals surface area contributed by atoms with Crippen LogP contribution in [0, 0.1) is 0 Å². The number of hydrazone groups is 1. The first-order valence-corrected chi connectivity index (χ1v) is 8.60. The van der Waals surface area contributed by atoms with E-state index in [0.29, 0.717) is 18.0 Å². The molecule has 0 unspecified atom stereocenters. The monoisotopic (exact) mass is 354 g/mol. The van der Waals surface area contributed by atoms with Crippen LogP contribution in [0.3, 0.4) is 0 Å². The average molecular weight is 354 g/mol. The molecule has 0 N–H and O–H groups in total. The van der Waals surface area contributed by atoms with Gasteiger partial charge in [0.25, 0.3) is 5.91 Å². The Morgan fingerprint density at radius 1 is 1.12 bits per heavy atom. The number of carbonyl (C=O) groups is 1. The molecular weight excluding hydrogens is 340 g/mol. The number of hydrogen-bond donors (Lipinski definition) is 0. The number of benzene rings is 1. The van der Waals surface area contributed by atoms with Gasteiger partial charge in [-0.3, -0.25) is 4.79 Å². The van der Waals surface area contributed by atoms with Gasteiger partial charge in [0.05, 0.1) is 12.3 Å². The first-order valence-electron chi connectivity index (χ1n) is 7.72. The molecule has 8 nitrogen and oxygen atoms in total. The molecule has 4 rings (SSSR count). The highest BCUT2D eigenvalue weighted by Crippen LogP contribution is 2.14. The largest absolute Gasteiger partial charge is 0.369 e. The van der Waals surface area contributed by atoms with Gasteiger partial charge in [-0.05, 0) is 33.5 Å². The van der Waals surface area contributed by atoms with E-state index in [1.165, 1.54) is 21.0 Å². The van der Waals surface area contributed by atoms with Crippen molar-refractivity contribution >= 4 is 23.0 Å². The van der Waals surface area contributed by atoms with Gasteiger partial charge in [0.1, 0.15) is 11.5 Å². The van der Waals surface area contributed by atoms with E-state index < -0.39 is 5.69 Å². The summed E-state index contributed by atoms with van der Waals surface area (Å²) in [4.78, 5) is 24.7. The number of hydrogen-bond acceptors (Lipinski definition) is 6. The van der Waals surface area contributed by atoms with E-state index in [4.69, 9.17) is 0 Å². The molecule has 25 heavy (non-hydrogen) atoms. The molecule has 0 saturated carbocycles. The van der Waals surface area contributed by atoms with Crippen LogP contribution >= 0.6 is 11.3 Å². The summed E-state index contributed by atoms with van der Waals surface area (Å²) in [6, 6.07) is 13.3. The molecule has 126 valence electrons. The Balaban J connectivity index is 1.50. The van der Waals surface area contributed by atoms with Crippen LogP contribution in [0.1, 0.15) is 12.0 Å². The summed E-state index contributed by atoms with van der Waals surface area (Å²) in [5, 5.41) is 15.9. The molecular formula is C16H14N6O2S. The lowest BCUT2D eigenvalue weighted by atomic mass is 10.1. The van der Waals surface area contributed by atoms with Gasteiger partial charge in [0.15, 0.2) is 0 Å². The Kier molecular flexibility index (Phi) is 3.98. The van der Waals surface area contributed by atoms with Gasteiger partial charge < -0.3 is 0 Å². The molecule has 0 aliphatic carbocycles. The van der Waals surface area contributed by atoms with Crippen molar-refractivity contribution < 1.29 is 4.79 Å². The highest BCUT2D eigenvalue weighted by molar-refractivity contribution is 7.12. The van der Waals surface area contributed by atoms with E-state index in [9.17, 15) is 9.59 Å². The van der Waals surface area contributed by atoms with Crippen LogP contribution in [0.4, 0.5) is 0 Å². The zero-order valence-electron chi connectivity index (χ0n) is 13.1. The minimum absolute atomic E-state index is 0.185. The summed E-state index contributed by atoms with van der Waals surface area (Å²) >= 11 is 1.38. The lowest BCUT2D eigenvalue weighted by Crippen LogP contribution is -2.33. The molecule has 2 aromatic heterocycles. The van der Waals surface area contributed by atoms with Crippen LogP contribution in [-0.2, 0) is 11.3 Å². The first kappa shape index (κ1) is 15.5. The van der Waals surface area contributed by atoms with E-state index in [0.717, 1.165) is 16.0 Å². The van der Waals surface area contributed by atoms with Gasteiger partial charge in [-0.15, -0.1) is 11.3 Å². The first-order chi connectivity index (χ1) is 12.2. The van der Waals surface area contributed by atoms with E-state index in [1.807, 2.05) is 41.8 Å². The summed E-state index contributed by atoms with van der Waals surface area (Å²) < 4.78 is 2.23. The van der Waals surface area contributed by atoms with Gasteiger partial charge in [0.2, 0.25) is 0 Å². The van der Waals surface area contributed by atoms with Crippen LogP contribution in [0.15, 0.2) is 57.7 Å². The van der Waals surface area contributed by atoms with Crippen molar-refractivity contribution in [2.75, 3.05) is 6.54 Å². The number of carbonyl (C=O) groups excluding carboxylic acids is 1. The van der Waals surface area contributed by atoms with Crippen molar-refractivity contribution in [1.82, 2.24) is 24.8 Å². The van der Waals surface area contributed by atoms with Crippen molar-refractivity contribution in [3.05, 3.63) is 63.9 Å². The summed E-state index contributed by atoms with van der Waals surface area (Å²) in [5.74, 6) is -0.286. The van der Waals surface area contributed by atoms with E-state index >= 15 is 0 Å². The van der Waals surface area contributed by atoms with E-state index in [2.05, 4.69) is 15.5 Å². The summed E-state index contributed by atoms with van der Waals surface area (Å²) in [7, 11) is 0. The smallest absolute Gasteiger partial charge is 0.271 e. The molecule has 0 fully saturated rings. The molecule has 0 saturated heterocycles. The quantitative estimate of drug-likeness (QED) is 0.703. The zero-order valence-corrected chi connectivity index (χ0v) is 14.0. The van der Waals surface area contributed by atoms with E-state index in [-0.39, 0.29) is 12.5 Å². The molecule has 0 spiro atoms. The molecule has 1 amide bonds. The fraction of sp³-hybridized carbons (Fsp3) is 0.188. The molecule has 1 aliphatic rings. The maximum absolute atomic E-state index is 12.4. The highest BCUT2D eigenvalue weighted by atomic mass is 32.1. The second kappa shape index (κ2) is 6.44. The number of amides is 1. The Morgan fingerprint density at radius 2 is 1.96 bits per heavy atom. The number of rotatable bonds is 4. The maximum Gasteiger partial charge on any atom is 0.369 e. The Bertz CT molecular complexity index is 974. The van der Waals surface area contributed by atoms with Crippen LogP contribution in [0.25, 0.3) is 5.00 Å². The SMILES string of the molecule is O=C(Cn1nnn(-c2cccs2)c1=O)N1CCC(c2ccccc2)=N1. The predicted octanol–water partition coefficient (Wildman–Crippen LogP) is 1.13. The molecule has 3 heterocycles. The Morgan fingerprint density at radius 3 is 2.72 bits per heavy atom. The Hall–Kier alpha value is -3.07. The summed E-state index contributed by atoms with van der Waals surface area (Å²) in [5.41, 5.74) is 1.42. The lowest BCUT2D eigenvalue weighted by molar-refractivity contribution is -0.131. The van der Waals surface area contributed by atoms with Crippen LogP contribution in [0.2, 0.25) is 0 Å². The van der Waals surface area contributed by atoms with Gasteiger partial charge >= 0.3 is 5.69 Å². The second-order valence-corrected chi connectivity index (χ2v) is 6.39. The molecule has 3 aromatic rings. The number of nitrogens with zero attached hydrogens (tertiary/aromatic N) is 6. The van der Waals surface area contributed by atoms with E-state index in [1.54, 1.807) is 6.07 Å². The molecule has 1 aliphatic heterocycles. The summed E-state index contributed by atoms with van der Waals surface area (Å²) in [6.45, 7) is 0.312. The van der Waals surface area contributed by atoms with Crippen LogP contribution < -0.4 is 5.69 Å². The van der Waals surface area contributed by atoms with Crippen molar-refractivity contribution in [1.29, 1.82) is 0 Å². The van der Waals surface area contributed by atoms with Crippen molar-refractivity contribution in [3.63, 3.8) is 0 Å². The third-order valence-electron chi connectivity index (χ3n) is 3.84. The Labute approximate surface area is 146 Å².